The molecule has 0 radical (unpaired) electrons. The van der Waals surface area contributed by atoms with Gasteiger partial charge in [-0.1, -0.05) is 6.92 Å². The van der Waals surface area contributed by atoms with Crippen molar-refractivity contribution in [3.8, 4) is 5.75 Å². The molecule has 0 saturated carbocycles. The molecular formula is C13H19NO2. The smallest absolute Gasteiger partial charge is 0.179 e. The van der Waals surface area contributed by atoms with E-state index in [2.05, 4.69) is 0 Å². The summed E-state index contributed by atoms with van der Waals surface area (Å²) in [5, 5.41) is 0. The van der Waals surface area contributed by atoms with Crippen molar-refractivity contribution in [2.24, 2.45) is 0 Å². The van der Waals surface area contributed by atoms with Crippen LogP contribution in [0.25, 0.3) is 0 Å². The second-order valence-electron chi connectivity index (χ2n) is 3.84. The van der Waals surface area contributed by atoms with Crippen molar-refractivity contribution in [2.75, 3.05) is 20.7 Å². The molecule has 0 amide bonds. The number of ketones is 1. The molecule has 0 aliphatic carbocycles. The van der Waals surface area contributed by atoms with Crippen LogP contribution in [0.3, 0.4) is 0 Å². The van der Waals surface area contributed by atoms with Gasteiger partial charge < -0.3 is 4.74 Å². The standard InChI is InChI=1S/C13H19NO2/c1-5-14(3)10(2)13(15)11-6-8-12(16-4)9-7-11/h6-10H,5H2,1-4H3. The minimum absolute atomic E-state index is 0.0848. The third kappa shape index (κ3) is 2.83. The molecule has 1 unspecified atom stereocenters. The van der Waals surface area contributed by atoms with Gasteiger partial charge in [0.05, 0.1) is 13.2 Å². The maximum Gasteiger partial charge on any atom is 0.179 e. The highest BCUT2D eigenvalue weighted by atomic mass is 16.5. The molecule has 88 valence electrons. The van der Waals surface area contributed by atoms with Gasteiger partial charge in [0.15, 0.2) is 5.78 Å². The lowest BCUT2D eigenvalue weighted by molar-refractivity contribution is 0.0874. The highest BCUT2D eigenvalue weighted by Crippen LogP contribution is 2.14. The van der Waals surface area contributed by atoms with Crippen LogP contribution < -0.4 is 4.74 Å². The Hall–Kier alpha value is -1.35. The van der Waals surface area contributed by atoms with Crippen LogP contribution >= 0.6 is 0 Å². The van der Waals surface area contributed by atoms with Gasteiger partial charge >= 0.3 is 0 Å². The van der Waals surface area contributed by atoms with Crippen molar-refractivity contribution < 1.29 is 9.53 Å². The molecule has 0 saturated heterocycles. The zero-order valence-electron chi connectivity index (χ0n) is 10.4. The van der Waals surface area contributed by atoms with E-state index in [9.17, 15) is 4.79 Å². The normalized spacial score (nSPS) is 12.6. The quantitative estimate of drug-likeness (QED) is 0.714. The van der Waals surface area contributed by atoms with Gasteiger partial charge in [-0.3, -0.25) is 9.69 Å². The number of methoxy groups -OCH3 is 1. The summed E-state index contributed by atoms with van der Waals surface area (Å²) in [4.78, 5) is 14.1. The maximum atomic E-state index is 12.1. The maximum absolute atomic E-state index is 12.1. The Labute approximate surface area is 97.0 Å². The highest BCUT2D eigenvalue weighted by molar-refractivity contribution is 5.99. The van der Waals surface area contributed by atoms with E-state index >= 15 is 0 Å². The van der Waals surface area contributed by atoms with Gasteiger partial charge in [0, 0.05) is 5.56 Å². The summed E-state index contributed by atoms with van der Waals surface area (Å²) in [6, 6.07) is 7.15. The summed E-state index contributed by atoms with van der Waals surface area (Å²) in [6.07, 6.45) is 0. The fraction of sp³-hybridized carbons (Fsp3) is 0.462. The first kappa shape index (κ1) is 12.7. The number of benzene rings is 1. The van der Waals surface area contributed by atoms with Crippen LogP contribution in [0.4, 0.5) is 0 Å². The molecule has 16 heavy (non-hydrogen) atoms. The van der Waals surface area contributed by atoms with E-state index in [1.807, 2.05) is 37.9 Å². The van der Waals surface area contributed by atoms with Crippen molar-refractivity contribution in [3.63, 3.8) is 0 Å². The third-order valence-corrected chi connectivity index (χ3v) is 2.91. The Kier molecular flexibility index (Phi) is 4.50. The number of carbonyl (C=O) groups is 1. The molecule has 1 rings (SSSR count). The van der Waals surface area contributed by atoms with Gasteiger partial charge in [-0.15, -0.1) is 0 Å². The summed E-state index contributed by atoms with van der Waals surface area (Å²) in [5.74, 6) is 0.917. The van der Waals surface area contributed by atoms with Crippen LogP contribution in [-0.4, -0.2) is 37.4 Å². The molecule has 0 heterocycles. The number of carbonyl (C=O) groups excluding carboxylic acids is 1. The Morgan fingerprint density at radius 1 is 1.38 bits per heavy atom. The lowest BCUT2D eigenvalue weighted by Gasteiger charge is -2.21. The van der Waals surface area contributed by atoms with E-state index in [1.54, 1.807) is 19.2 Å². The van der Waals surface area contributed by atoms with Crippen LogP contribution in [0, 0.1) is 0 Å². The average Bonchev–Trinajstić information content (AvgIpc) is 2.36. The van der Waals surface area contributed by atoms with Crippen LogP contribution in [0.2, 0.25) is 0 Å². The van der Waals surface area contributed by atoms with Crippen molar-refractivity contribution >= 4 is 5.78 Å². The summed E-state index contributed by atoms with van der Waals surface area (Å²) >= 11 is 0. The van der Waals surface area contributed by atoms with Crippen LogP contribution in [-0.2, 0) is 0 Å². The molecule has 0 bridgehead atoms. The Balaban J connectivity index is 2.80. The summed E-state index contributed by atoms with van der Waals surface area (Å²) in [6.45, 7) is 4.83. The Morgan fingerprint density at radius 3 is 2.38 bits per heavy atom. The predicted molar refractivity (Wildman–Crippen MR) is 65.1 cm³/mol. The molecule has 3 nitrogen and oxygen atoms in total. The van der Waals surface area contributed by atoms with E-state index in [0.29, 0.717) is 0 Å². The van der Waals surface area contributed by atoms with Gasteiger partial charge in [0.1, 0.15) is 5.75 Å². The molecule has 0 aromatic heterocycles. The summed E-state index contributed by atoms with van der Waals surface area (Å²) in [7, 11) is 3.57. The van der Waals surface area contributed by atoms with Gasteiger partial charge in [-0.2, -0.15) is 0 Å². The molecule has 1 aromatic carbocycles. The molecular weight excluding hydrogens is 202 g/mol. The first-order chi connectivity index (χ1) is 7.60. The van der Waals surface area contributed by atoms with Gasteiger partial charge in [0.25, 0.3) is 0 Å². The Morgan fingerprint density at radius 2 is 1.94 bits per heavy atom. The van der Waals surface area contributed by atoms with E-state index in [0.717, 1.165) is 17.9 Å². The zero-order chi connectivity index (χ0) is 12.1. The average molecular weight is 221 g/mol. The number of hydrogen-bond acceptors (Lipinski definition) is 3. The Bertz CT molecular complexity index is 345. The molecule has 1 aromatic rings. The van der Waals surface area contributed by atoms with E-state index in [1.165, 1.54) is 0 Å². The first-order valence-corrected chi connectivity index (χ1v) is 5.48. The molecule has 0 spiro atoms. The number of Topliss-reactive ketones (excluding diaryl/α,β-unsaturated/α-hetero) is 1. The first-order valence-electron chi connectivity index (χ1n) is 5.48. The molecule has 3 heteroatoms. The van der Waals surface area contributed by atoms with Crippen LogP contribution in [0.15, 0.2) is 24.3 Å². The fourth-order valence-electron chi connectivity index (χ4n) is 1.47. The van der Waals surface area contributed by atoms with Crippen molar-refractivity contribution in [3.05, 3.63) is 29.8 Å². The number of rotatable bonds is 5. The highest BCUT2D eigenvalue weighted by Gasteiger charge is 2.18. The van der Waals surface area contributed by atoms with E-state index < -0.39 is 0 Å². The number of likely N-dealkylation sites (N-methyl/N-ethyl adjacent to an activating group) is 1. The second-order valence-corrected chi connectivity index (χ2v) is 3.84. The van der Waals surface area contributed by atoms with Gasteiger partial charge in [0.2, 0.25) is 0 Å². The minimum atomic E-state index is -0.0848. The molecule has 0 fully saturated rings. The zero-order valence-corrected chi connectivity index (χ0v) is 10.4. The van der Waals surface area contributed by atoms with Crippen LogP contribution in [0.5, 0.6) is 5.75 Å². The number of ether oxygens (including phenoxy) is 1. The lowest BCUT2D eigenvalue weighted by Crippen LogP contribution is -2.35. The number of nitrogens with zero attached hydrogens (tertiary/aromatic N) is 1. The molecule has 0 N–H and O–H groups in total. The monoisotopic (exact) mass is 221 g/mol. The van der Waals surface area contributed by atoms with Gasteiger partial charge in [-0.05, 0) is 44.8 Å². The third-order valence-electron chi connectivity index (χ3n) is 2.91. The van der Waals surface area contributed by atoms with Gasteiger partial charge in [-0.25, -0.2) is 0 Å². The van der Waals surface area contributed by atoms with E-state index in [-0.39, 0.29) is 11.8 Å². The molecule has 0 aliphatic rings. The van der Waals surface area contributed by atoms with Crippen molar-refractivity contribution in [1.29, 1.82) is 0 Å². The summed E-state index contributed by atoms with van der Waals surface area (Å²) in [5.41, 5.74) is 0.730. The van der Waals surface area contributed by atoms with E-state index in [4.69, 9.17) is 4.74 Å². The lowest BCUT2D eigenvalue weighted by atomic mass is 10.0. The fourth-order valence-corrected chi connectivity index (χ4v) is 1.47. The summed E-state index contributed by atoms with van der Waals surface area (Å²) < 4.78 is 5.06. The molecule has 0 aliphatic heterocycles. The SMILES string of the molecule is CCN(C)C(C)C(=O)c1ccc(OC)cc1. The van der Waals surface area contributed by atoms with Crippen molar-refractivity contribution in [1.82, 2.24) is 4.90 Å². The van der Waals surface area contributed by atoms with Crippen molar-refractivity contribution in [2.45, 2.75) is 19.9 Å². The largest absolute Gasteiger partial charge is 0.497 e. The second kappa shape index (κ2) is 5.66. The molecule has 1 atom stereocenters. The topological polar surface area (TPSA) is 29.5 Å². The minimum Gasteiger partial charge on any atom is -0.497 e. The predicted octanol–water partition coefficient (Wildman–Crippen LogP) is 2.22. The number of hydrogen-bond donors (Lipinski definition) is 0. The van der Waals surface area contributed by atoms with Crippen LogP contribution in [0.1, 0.15) is 24.2 Å².